The van der Waals surface area contributed by atoms with Gasteiger partial charge in [-0.3, -0.25) is 4.79 Å². The smallest absolute Gasteiger partial charge is 0.233 e. The van der Waals surface area contributed by atoms with Crippen molar-refractivity contribution < 1.29 is 4.79 Å². The van der Waals surface area contributed by atoms with Gasteiger partial charge in [-0.1, -0.05) is 45.8 Å². The molecule has 0 radical (unpaired) electrons. The molecule has 0 bridgehead atoms. The fourth-order valence-electron chi connectivity index (χ4n) is 3.35. The molecule has 0 aliphatic heterocycles. The first kappa shape index (κ1) is 18.8. The van der Waals surface area contributed by atoms with Crippen LogP contribution in [0.3, 0.4) is 0 Å². The first-order valence-electron chi connectivity index (χ1n) is 8.22. The zero-order valence-electron chi connectivity index (χ0n) is 13.6. The fourth-order valence-corrected chi connectivity index (χ4v) is 4.79. The molecule has 21 heavy (non-hydrogen) atoms. The van der Waals surface area contributed by atoms with Crippen LogP contribution in [-0.2, 0) is 4.79 Å². The number of thioether (sulfide) groups is 1. The Labute approximate surface area is 139 Å². The molecule has 1 rings (SSSR count). The van der Waals surface area contributed by atoms with Crippen molar-refractivity contribution in [1.82, 2.24) is 5.32 Å². The average molecular weight is 331 g/mol. The molecule has 1 aliphatic rings. The van der Waals surface area contributed by atoms with E-state index in [1.54, 1.807) is 0 Å². The Morgan fingerprint density at radius 1 is 1.29 bits per heavy atom. The molecule has 3 N–H and O–H groups in total. The second kappa shape index (κ2) is 8.99. The predicted molar refractivity (Wildman–Crippen MR) is 96.7 cm³/mol. The van der Waals surface area contributed by atoms with Crippen LogP contribution in [-0.4, -0.2) is 27.9 Å². The summed E-state index contributed by atoms with van der Waals surface area (Å²) in [5.74, 6) is 1.21. The van der Waals surface area contributed by atoms with E-state index in [0.29, 0.717) is 16.3 Å². The molecule has 2 unspecified atom stereocenters. The van der Waals surface area contributed by atoms with Gasteiger partial charge in [0.05, 0.1) is 10.4 Å². The maximum absolute atomic E-state index is 12.8. The van der Waals surface area contributed by atoms with Gasteiger partial charge >= 0.3 is 0 Å². The van der Waals surface area contributed by atoms with E-state index < -0.39 is 5.41 Å². The quantitative estimate of drug-likeness (QED) is 0.634. The van der Waals surface area contributed by atoms with Crippen LogP contribution in [0.5, 0.6) is 0 Å². The summed E-state index contributed by atoms with van der Waals surface area (Å²) in [7, 11) is 0. The van der Waals surface area contributed by atoms with Gasteiger partial charge in [-0.2, -0.15) is 11.8 Å². The van der Waals surface area contributed by atoms with Crippen LogP contribution < -0.4 is 11.1 Å². The summed E-state index contributed by atoms with van der Waals surface area (Å²) in [4.78, 5) is 13.2. The van der Waals surface area contributed by atoms with E-state index in [-0.39, 0.29) is 5.91 Å². The molecule has 1 saturated carbocycles. The highest BCUT2D eigenvalue weighted by Crippen LogP contribution is 2.34. The molecule has 0 aromatic rings. The van der Waals surface area contributed by atoms with E-state index in [1.165, 1.54) is 6.42 Å². The third-order valence-corrected chi connectivity index (χ3v) is 6.01. The fraction of sp³-hybridized carbons (Fsp3) is 0.875. The maximum Gasteiger partial charge on any atom is 0.233 e. The van der Waals surface area contributed by atoms with Crippen molar-refractivity contribution in [2.45, 2.75) is 77.0 Å². The number of carbonyl (C=O) groups excluding carboxylic acids is 1. The molecule has 1 amide bonds. The number of hydrogen-bond donors (Lipinski definition) is 2. The zero-order chi connectivity index (χ0) is 15.9. The SMILES string of the molecule is CCCC(CCC)(C(=O)NC1CCC(SCC)C1)C(N)=S. The van der Waals surface area contributed by atoms with Crippen molar-refractivity contribution in [3.05, 3.63) is 0 Å². The third kappa shape index (κ3) is 4.85. The van der Waals surface area contributed by atoms with Gasteiger partial charge in [0.2, 0.25) is 5.91 Å². The summed E-state index contributed by atoms with van der Waals surface area (Å²) < 4.78 is 0. The van der Waals surface area contributed by atoms with Gasteiger partial charge in [0.25, 0.3) is 0 Å². The third-order valence-electron chi connectivity index (χ3n) is 4.38. The molecule has 1 aliphatic carbocycles. The van der Waals surface area contributed by atoms with Crippen molar-refractivity contribution in [1.29, 1.82) is 0 Å². The van der Waals surface area contributed by atoms with E-state index in [4.69, 9.17) is 18.0 Å². The summed E-state index contributed by atoms with van der Waals surface area (Å²) in [5, 5.41) is 3.93. The highest BCUT2D eigenvalue weighted by atomic mass is 32.2. The van der Waals surface area contributed by atoms with Crippen LogP contribution in [0.15, 0.2) is 0 Å². The summed E-state index contributed by atoms with van der Waals surface area (Å²) in [5.41, 5.74) is 5.32. The van der Waals surface area contributed by atoms with E-state index in [9.17, 15) is 4.79 Å². The number of nitrogens with one attached hydrogen (secondary N) is 1. The van der Waals surface area contributed by atoms with Gasteiger partial charge in [0.1, 0.15) is 0 Å². The Morgan fingerprint density at radius 3 is 2.38 bits per heavy atom. The lowest BCUT2D eigenvalue weighted by molar-refractivity contribution is -0.128. The van der Waals surface area contributed by atoms with E-state index in [1.807, 2.05) is 11.8 Å². The van der Waals surface area contributed by atoms with Crippen LogP contribution in [0.1, 0.15) is 65.7 Å². The lowest BCUT2D eigenvalue weighted by atomic mass is 9.78. The highest BCUT2D eigenvalue weighted by molar-refractivity contribution is 7.99. The molecule has 1 fully saturated rings. The Balaban J connectivity index is 2.71. The van der Waals surface area contributed by atoms with Gasteiger partial charge < -0.3 is 11.1 Å². The molecule has 0 heterocycles. The molecule has 2 atom stereocenters. The molecular weight excluding hydrogens is 300 g/mol. The lowest BCUT2D eigenvalue weighted by Gasteiger charge is -2.32. The maximum atomic E-state index is 12.8. The molecule has 0 saturated heterocycles. The molecule has 0 aromatic carbocycles. The minimum atomic E-state index is -0.644. The number of thiocarbonyl (C=S) groups is 1. The minimum absolute atomic E-state index is 0.0610. The van der Waals surface area contributed by atoms with Crippen LogP contribution in [0.25, 0.3) is 0 Å². The van der Waals surface area contributed by atoms with Gasteiger partial charge in [0.15, 0.2) is 0 Å². The number of nitrogens with two attached hydrogens (primary N) is 1. The Kier molecular flexibility index (Phi) is 8.03. The van der Waals surface area contributed by atoms with Crippen LogP contribution >= 0.6 is 24.0 Å². The second-order valence-corrected chi connectivity index (χ2v) is 8.02. The first-order chi connectivity index (χ1) is 10.00. The van der Waals surface area contributed by atoms with Gasteiger partial charge in [-0.25, -0.2) is 0 Å². The molecule has 0 aromatic heterocycles. The molecule has 5 heteroatoms. The van der Waals surface area contributed by atoms with Gasteiger partial charge in [-0.05, 0) is 37.9 Å². The van der Waals surface area contributed by atoms with Crippen molar-refractivity contribution in [3.8, 4) is 0 Å². The molecule has 122 valence electrons. The Morgan fingerprint density at radius 2 is 1.90 bits per heavy atom. The van der Waals surface area contributed by atoms with E-state index in [2.05, 4.69) is 26.1 Å². The number of rotatable bonds is 9. The normalized spacial score (nSPS) is 22.2. The number of hydrogen-bond acceptors (Lipinski definition) is 3. The van der Waals surface area contributed by atoms with Crippen LogP contribution in [0, 0.1) is 5.41 Å². The van der Waals surface area contributed by atoms with Crippen molar-refractivity contribution >= 4 is 34.9 Å². The number of amides is 1. The predicted octanol–water partition coefficient (Wildman–Crippen LogP) is 3.65. The topological polar surface area (TPSA) is 55.1 Å². The van der Waals surface area contributed by atoms with Crippen LogP contribution in [0.4, 0.5) is 0 Å². The lowest BCUT2D eigenvalue weighted by Crippen LogP contribution is -2.51. The summed E-state index contributed by atoms with van der Waals surface area (Å²) in [6.07, 6.45) is 6.70. The van der Waals surface area contributed by atoms with E-state index in [0.717, 1.165) is 44.3 Å². The molecule has 0 spiro atoms. The van der Waals surface area contributed by atoms with Gasteiger partial charge in [-0.15, -0.1) is 0 Å². The van der Waals surface area contributed by atoms with Crippen molar-refractivity contribution in [2.75, 3.05) is 5.75 Å². The van der Waals surface area contributed by atoms with Crippen LogP contribution in [0.2, 0.25) is 0 Å². The molecular formula is C16H30N2OS2. The van der Waals surface area contributed by atoms with Crippen molar-refractivity contribution in [3.63, 3.8) is 0 Å². The Hall–Kier alpha value is -0.290. The zero-order valence-corrected chi connectivity index (χ0v) is 15.2. The largest absolute Gasteiger partial charge is 0.392 e. The van der Waals surface area contributed by atoms with Gasteiger partial charge in [0, 0.05) is 11.3 Å². The average Bonchev–Trinajstić information content (AvgIpc) is 2.85. The van der Waals surface area contributed by atoms with Crippen molar-refractivity contribution in [2.24, 2.45) is 11.1 Å². The monoisotopic (exact) mass is 330 g/mol. The summed E-state index contributed by atoms with van der Waals surface area (Å²) in [6, 6.07) is 0.295. The first-order valence-corrected chi connectivity index (χ1v) is 9.68. The second-order valence-electron chi connectivity index (χ2n) is 6.01. The van der Waals surface area contributed by atoms with E-state index >= 15 is 0 Å². The number of carbonyl (C=O) groups is 1. The highest BCUT2D eigenvalue weighted by Gasteiger charge is 2.41. The summed E-state index contributed by atoms with van der Waals surface area (Å²) >= 11 is 7.26. The Bertz CT molecular complexity index is 354. The molecule has 3 nitrogen and oxygen atoms in total. The standard InChI is InChI=1S/C16H30N2OS2/c1-4-9-16(10-5-2,14(17)20)15(19)18-12-7-8-13(11-12)21-6-3/h12-13H,4-11H2,1-3H3,(H2,17,20)(H,18,19). The minimum Gasteiger partial charge on any atom is -0.392 e. The summed E-state index contributed by atoms with van der Waals surface area (Å²) in [6.45, 7) is 6.36.